The number of nitrogen functional groups attached to an aromatic ring is 1. The maximum atomic E-state index is 11.8. The van der Waals surface area contributed by atoms with E-state index in [1.165, 1.54) is 11.3 Å². The summed E-state index contributed by atoms with van der Waals surface area (Å²) in [5.41, 5.74) is 7.06. The maximum absolute atomic E-state index is 11.8. The van der Waals surface area contributed by atoms with Crippen molar-refractivity contribution in [1.29, 1.82) is 0 Å². The van der Waals surface area contributed by atoms with Gasteiger partial charge in [0.2, 0.25) is 0 Å². The minimum atomic E-state index is -0.169. The lowest BCUT2D eigenvalue weighted by Crippen LogP contribution is -2.22. The average Bonchev–Trinajstić information content (AvgIpc) is 2.74. The van der Waals surface area contributed by atoms with E-state index in [0.717, 1.165) is 5.56 Å². The van der Waals surface area contributed by atoms with Crippen LogP contribution in [0.3, 0.4) is 0 Å². The second kappa shape index (κ2) is 5.21. The summed E-state index contributed by atoms with van der Waals surface area (Å²) in [7, 11) is 0. The minimum absolute atomic E-state index is 0.169. The van der Waals surface area contributed by atoms with Crippen LogP contribution in [-0.4, -0.2) is 5.91 Å². The van der Waals surface area contributed by atoms with Crippen LogP contribution in [0.5, 0.6) is 0 Å². The molecule has 0 saturated heterocycles. The molecule has 2 aromatic rings. The monoisotopic (exact) mass is 266 g/mol. The minimum Gasteiger partial charge on any atom is -0.397 e. The molecule has 1 amide bonds. The molecule has 0 bridgehead atoms. The summed E-state index contributed by atoms with van der Waals surface area (Å²) < 4.78 is 0. The summed E-state index contributed by atoms with van der Waals surface area (Å²) in [6.07, 6.45) is 0. The zero-order chi connectivity index (χ0) is 12.3. The van der Waals surface area contributed by atoms with Gasteiger partial charge in [-0.1, -0.05) is 29.8 Å². The summed E-state index contributed by atoms with van der Waals surface area (Å²) in [5, 5.41) is 5.23. The van der Waals surface area contributed by atoms with Gasteiger partial charge in [-0.05, 0) is 23.1 Å². The molecule has 1 aromatic carbocycles. The van der Waals surface area contributed by atoms with Gasteiger partial charge < -0.3 is 11.1 Å². The lowest BCUT2D eigenvalue weighted by molar-refractivity contribution is 0.0956. The molecular weight excluding hydrogens is 256 g/mol. The second-order valence-corrected chi connectivity index (χ2v) is 4.80. The van der Waals surface area contributed by atoms with Crippen LogP contribution in [0, 0.1) is 0 Å². The molecule has 0 atom stereocenters. The summed E-state index contributed by atoms with van der Waals surface area (Å²) in [6.45, 7) is 0.399. The number of thiophene rings is 1. The third kappa shape index (κ3) is 2.78. The fourth-order valence-corrected chi connectivity index (χ4v) is 2.34. The van der Waals surface area contributed by atoms with Gasteiger partial charge in [0.1, 0.15) is 4.88 Å². The van der Waals surface area contributed by atoms with Crippen LogP contribution in [0.15, 0.2) is 35.7 Å². The first-order valence-electron chi connectivity index (χ1n) is 5.03. The van der Waals surface area contributed by atoms with Crippen molar-refractivity contribution in [3.8, 4) is 0 Å². The van der Waals surface area contributed by atoms with Gasteiger partial charge in [0, 0.05) is 11.6 Å². The number of nitrogens with one attached hydrogen (secondary N) is 1. The third-order valence-corrected chi connectivity index (χ3v) is 3.60. The van der Waals surface area contributed by atoms with Crippen molar-refractivity contribution < 1.29 is 4.79 Å². The van der Waals surface area contributed by atoms with Crippen LogP contribution >= 0.6 is 22.9 Å². The predicted molar refractivity (Wildman–Crippen MR) is 71.4 cm³/mol. The molecule has 3 N–H and O–H groups in total. The molecule has 0 radical (unpaired) electrons. The zero-order valence-electron chi connectivity index (χ0n) is 8.94. The Labute approximate surface area is 108 Å². The van der Waals surface area contributed by atoms with Gasteiger partial charge >= 0.3 is 0 Å². The number of nitrogens with two attached hydrogens (primary N) is 1. The molecule has 0 spiro atoms. The molecule has 0 aliphatic rings. The molecule has 0 saturated carbocycles. The largest absolute Gasteiger partial charge is 0.397 e. The molecule has 5 heteroatoms. The first-order valence-corrected chi connectivity index (χ1v) is 6.29. The fraction of sp³-hybridized carbons (Fsp3) is 0.0833. The maximum Gasteiger partial charge on any atom is 0.263 e. The standard InChI is InChI=1S/C12H11ClN2OS/c13-9-4-2-1-3-8(9)7-15-12(16)11-10(14)5-6-17-11/h1-6H,7,14H2,(H,15,16). The van der Waals surface area contributed by atoms with E-state index in [1.807, 2.05) is 18.2 Å². The van der Waals surface area contributed by atoms with Gasteiger partial charge in [0.05, 0.1) is 5.69 Å². The second-order valence-electron chi connectivity index (χ2n) is 3.48. The molecule has 2 rings (SSSR count). The van der Waals surface area contributed by atoms with E-state index < -0.39 is 0 Å². The van der Waals surface area contributed by atoms with Gasteiger partial charge in [-0.3, -0.25) is 4.79 Å². The number of benzene rings is 1. The first-order chi connectivity index (χ1) is 8.18. The topological polar surface area (TPSA) is 55.1 Å². The Balaban J connectivity index is 2.02. The number of anilines is 1. The number of amides is 1. The molecule has 0 aliphatic carbocycles. The van der Waals surface area contributed by atoms with Crippen molar-refractivity contribution in [3.63, 3.8) is 0 Å². The third-order valence-electron chi connectivity index (χ3n) is 2.30. The number of hydrogen-bond acceptors (Lipinski definition) is 3. The van der Waals surface area contributed by atoms with Crippen molar-refractivity contribution in [3.05, 3.63) is 51.2 Å². The number of halogens is 1. The molecule has 1 aromatic heterocycles. The highest BCUT2D eigenvalue weighted by atomic mass is 35.5. The quantitative estimate of drug-likeness (QED) is 0.897. The Kier molecular flexibility index (Phi) is 3.66. The Morgan fingerprint density at radius 1 is 1.35 bits per heavy atom. The van der Waals surface area contributed by atoms with Crippen LogP contribution in [0.25, 0.3) is 0 Å². The molecule has 88 valence electrons. The first kappa shape index (κ1) is 12.0. The van der Waals surface area contributed by atoms with Crippen LogP contribution in [0.4, 0.5) is 5.69 Å². The number of hydrogen-bond donors (Lipinski definition) is 2. The van der Waals surface area contributed by atoms with Gasteiger partial charge in [0.15, 0.2) is 0 Å². The van der Waals surface area contributed by atoms with E-state index in [0.29, 0.717) is 22.1 Å². The van der Waals surface area contributed by atoms with Crippen molar-refractivity contribution in [1.82, 2.24) is 5.32 Å². The zero-order valence-corrected chi connectivity index (χ0v) is 10.5. The van der Waals surface area contributed by atoms with E-state index in [-0.39, 0.29) is 5.91 Å². The number of rotatable bonds is 3. The average molecular weight is 267 g/mol. The van der Waals surface area contributed by atoms with Crippen molar-refractivity contribution >= 4 is 34.5 Å². The van der Waals surface area contributed by atoms with Gasteiger partial charge in [-0.15, -0.1) is 11.3 Å². The van der Waals surface area contributed by atoms with E-state index in [9.17, 15) is 4.79 Å². The molecule has 0 unspecified atom stereocenters. The van der Waals surface area contributed by atoms with Crippen LogP contribution in [0.1, 0.15) is 15.2 Å². The lowest BCUT2D eigenvalue weighted by Gasteiger charge is -2.06. The lowest BCUT2D eigenvalue weighted by atomic mass is 10.2. The van der Waals surface area contributed by atoms with Crippen LogP contribution in [0.2, 0.25) is 5.02 Å². The molecular formula is C12H11ClN2OS. The van der Waals surface area contributed by atoms with Crippen molar-refractivity contribution in [2.45, 2.75) is 6.54 Å². The van der Waals surface area contributed by atoms with Crippen LogP contribution < -0.4 is 11.1 Å². The Bertz CT molecular complexity index is 539. The summed E-state index contributed by atoms with van der Waals surface area (Å²) in [4.78, 5) is 12.3. The van der Waals surface area contributed by atoms with Gasteiger partial charge in [-0.25, -0.2) is 0 Å². The number of carbonyl (C=O) groups excluding carboxylic acids is 1. The highest BCUT2D eigenvalue weighted by Crippen LogP contribution is 2.19. The smallest absolute Gasteiger partial charge is 0.263 e. The Morgan fingerprint density at radius 2 is 2.12 bits per heavy atom. The summed E-state index contributed by atoms with van der Waals surface area (Å²) in [6, 6.07) is 9.12. The normalized spacial score (nSPS) is 10.2. The molecule has 3 nitrogen and oxygen atoms in total. The van der Waals surface area contributed by atoms with Crippen molar-refractivity contribution in [2.75, 3.05) is 5.73 Å². The van der Waals surface area contributed by atoms with Gasteiger partial charge in [0.25, 0.3) is 5.91 Å². The van der Waals surface area contributed by atoms with E-state index >= 15 is 0 Å². The Morgan fingerprint density at radius 3 is 2.76 bits per heavy atom. The molecule has 1 heterocycles. The Hall–Kier alpha value is -1.52. The molecule has 0 fully saturated rings. The van der Waals surface area contributed by atoms with Crippen LogP contribution in [-0.2, 0) is 6.54 Å². The van der Waals surface area contributed by atoms with E-state index in [1.54, 1.807) is 17.5 Å². The van der Waals surface area contributed by atoms with Gasteiger partial charge in [-0.2, -0.15) is 0 Å². The molecule has 17 heavy (non-hydrogen) atoms. The van der Waals surface area contributed by atoms with Crippen molar-refractivity contribution in [2.24, 2.45) is 0 Å². The predicted octanol–water partition coefficient (Wildman–Crippen LogP) is 2.91. The highest BCUT2D eigenvalue weighted by molar-refractivity contribution is 7.12. The summed E-state index contributed by atoms with van der Waals surface area (Å²) in [5.74, 6) is -0.169. The SMILES string of the molecule is Nc1ccsc1C(=O)NCc1ccccc1Cl. The fourth-order valence-electron chi connectivity index (χ4n) is 1.40. The van der Waals surface area contributed by atoms with E-state index in [4.69, 9.17) is 17.3 Å². The number of carbonyl (C=O) groups is 1. The molecule has 0 aliphatic heterocycles. The van der Waals surface area contributed by atoms with E-state index in [2.05, 4.69) is 5.32 Å². The summed E-state index contributed by atoms with van der Waals surface area (Å²) >= 11 is 7.32. The highest BCUT2D eigenvalue weighted by Gasteiger charge is 2.10.